The van der Waals surface area contributed by atoms with E-state index in [4.69, 9.17) is 4.42 Å². The van der Waals surface area contributed by atoms with Crippen molar-refractivity contribution in [2.75, 3.05) is 5.32 Å². The van der Waals surface area contributed by atoms with Crippen LogP contribution in [0.25, 0.3) is 17.4 Å². The summed E-state index contributed by atoms with van der Waals surface area (Å²) < 4.78 is 44.0. The molecule has 3 aromatic rings. The zero-order chi connectivity index (χ0) is 23.5. The molecule has 0 atom stereocenters. The summed E-state index contributed by atoms with van der Waals surface area (Å²) in [5.74, 6) is -0.537. The number of halogens is 3. The van der Waals surface area contributed by atoms with E-state index in [0.717, 1.165) is 24.3 Å². The highest BCUT2D eigenvalue weighted by Crippen LogP contribution is 2.31. The fourth-order valence-corrected chi connectivity index (χ4v) is 2.81. The first-order chi connectivity index (χ1) is 15.1. The number of amides is 1. The Kier molecular flexibility index (Phi) is 6.11. The number of nitro benzene ring substituents is 1. The van der Waals surface area contributed by atoms with Crippen molar-refractivity contribution in [1.82, 2.24) is 0 Å². The maximum atomic E-state index is 12.8. The molecule has 0 aliphatic carbocycles. The molecule has 0 spiro atoms. The quantitative estimate of drug-likeness (QED) is 0.235. The first kappa shape index (κ1) is 22.3. The second-order valence-corrected chi connectivity index (χ2v) is 6.66. The van der Waals surface area contributed by atoms with Crippen LogP contribution < -0.4 is 5.32 Å². The standard InChI is InChI=1S/C22H14F3N3O4/c1-13-5-6-14(10-19(13)28(30)31)20-8-7-18(32-20)9-15(12-26)21(29)27-17-4-2-3-16(11-17)22(23,24)25/h2-11H,1H3,(H,27,29)/b15-9-. The molecule has 0 fully saturated rings. The number of hydrogen-bond acceptors (Lipinski definition) is 5. The molecule has 2 aromatic carbocycles. The molecule has 0 unspecified atom stereocenters. The molecule has 32 heavy (non-hydrogen) atoms. The Morgan fingerprint density at radius 2 is 1.94 bits per heavy atom. The lowest BCUT2D eigenvalue weighted by Crippen LogP contribution is -2.14. The topological polar surface area (TPSA) is 109 Å². The normalized spacial score (nSPS) is 11.7. The Hall–Kier alpha value is -4.39. The van der Waals surface area contributed by atoms with Gasteiger partial charge in [-0.25, -0.2) is 0 Å². The fraction of sp³-hybridized carbons (Fsp3) is 0.0909. The fourth-order valence-electron chi connectivity index (χ4n) is 2.81. The Balaban J connectivity index is 1.83. The first-order valence-electron chi connectivity index (χ1n) is 9.04. The van der Waals surface area contributed by atoms with Gasteiger partial charge in [0, 0.05) is 29.0 Å². The zero-order valence-electron chi connectivity index (χ0n) is 16.4. The molecule has 0 bridgehead atoms. The van der Waals surface area contributed by atoms with Crippen LogP contribution in [0.3, 0.4) is 0 Å². The van der Waals surface area contributed by atoms with Gasteiger partial charge < -0.3 is 9.73 Å². The van der Waals surface area contributed by atoms with Gasteiger partial charge in [0.15, 0.2) is 0 Å². The van der Waals surface area contributed by atoms with Crippen LogP contribution in [0.1, 0.15) is 16.9 Å². The van der Waals surface area contributed by atoms with Gasteiger partial charge >= 0.3 is 6.18 Å². The minimum atomic E-state index is -4.58. The molecule has 0 radical (unpaired) electrons. The minimum Gasteiger partial charge on any atom is -0.457 e. The van der Waals surface area contributed by atoms with Crippen LogP contribution in [0.4, 0.5) is 24.5 Å². The highest BCUT2D eigenvalue weighted by atomic mass is 19.4. The predicted octanol–water partition coefficient (Wildman–Crippen LogP) is 5.73. The predicted molar refractivity (Wildman–Crippen MR) is 109 cm³/mol. The highest BCUT2D eigenvalue weighted by Gasteiger charge is 2.30. The Bertz CT molecular complexity index is 1270. The number of carbonyl (C=O) groups is 1. The zero-order valence-corrected chi connectivity index (χ0v) is 16.4. The van der Waals surface area contributed by atoms with E-state index in [1.165, 1.54) is 24.3 Å². The third kappa shape index (κ3) is 5.02. The molecule has 7 nitrogen and oxygen atoms in total. The second kappa shape index (κ2) is 8.77. The number of benzene rings is 2. The van der Waals surface area contributed by atoms with Gasteiger partial charge in [-0.1, -0.05) is 18.2 Å². The number of nitrogens with zero attached hydrogens (tertiary/aromatic N) is 2. The van der Waals surface area contributed by atoms with Crippen molar-refractivity contribution in [3.05, 3.63) is 87.2 Å². The smallest absolute Gasteiger partial charge is 0.416 e. The van der Waals surface area contributed by atoms with Crippen molar-refractivity contribution in [3.8, 4) is 17.4 Å². The number of furan rings is 1. The Morgan fingerprint density at radius 3 is 2.59 bits per heavy atom. The number of anilines is 1. The van der Waals surface area contributed by atoms with Gasteiger partial charge in [0.05, 0.1) is 10.5 Å². The lowest BCUT2D eigenvalue weighted by atomic mass is 10.1. The van der Waals surface area contributed by atoms with E-state index in [9.17, 15) is 33.3 Å². The van der Waals surface area contributed by atoms with Gasteiger partial charge in [0.1, 0.15) is 23.2 Å². The third-order valence-electron chi connectivity index (χ3n) is 4.42. The van der Waals surface area contributed by atoms with Crippen LogP contribution in [0.15, 0.2) is 64.6 Å². The number of alkyl halides is 3. The molecule has 1 amide bonds. The van der Waals surface area contributed by atoms with Crippen LogP contribution in [0.5, 0.6) is 0 Å². The van der Waals surface area contributed by atoms with Gasteiger partial charge in [0.2, 0.25) is 0 Å². The lowest BCUT2D eigenvalue weighted by Gasteiger charge is -2.09. The summed E-state index contributed by atoms with van der Waals surface area (Å²) in [6.07, 6.45) is -3.46. The Labute approximate surface area is 179 Å². The number of carbonyl (C=O) groups excluding carboxylic acids is 1. The average Bonchev–Trinajstić information content (AvgIpc) is 3.20. The van der Waals surface area contributed by atoms with E-state index in [2.05, 4.69) is 5.32 Å². The van der Waals surface area contributed by atoms with Crippen molar-refractivity contribution < 1.29 is 27.3 Å². The van der Waals surface area contributed by atoms with Gasteiger partial charge in [-0.3, -0.25) is 14.9 Å². The summed E-state index contributed by atoms with van der Waals surface area (Å²) >= 11 is 0. The van der Waals surface area contributed by atoms with Crippen molar-refractivity contribution in [2.45, 2.75) is 13.1 Å². The van der Waals surface area contributed by atoms with Crippen molar-refractivity contribution >= 4 is 23.4 Å². The molecule has 0 saturated carbocycles. The van der Waals surface area contributed by atoms with Crippen molar-refractivity contribution in [1.29, 1.82) is 5.26 Å². The van der Waals surface area contributed by atoms with Crippen LogP contribution in [0, 0.1) is 28.4 Å². The van der Waals surface area contributed by atoms with Crippen molar-refractivity contribution in [3.63, 3.8) is 0 Å². The number of rotatable bonds is 5. The number of hydrogen-bond donors (Lipinski definition) is 1. The molecule has 0 saturated heterocycles. The van der Waals surface area contributed by atoms with Crippen molar-refractivity contribution in [2.24, 2.45) is 0 Å². The maximum absolute atomic E-state index is 12.8. The molecule has 1 heterocycles. The summed E-state index contributed by atoms with van der Waals surface area (Å²) in [5.41, 5.74) is -0.663. The van der Waals surface area contributed by atoms with E-state index in [1.807, 2.05) is 0 Å². The number of nitro groups is 1. The van der Waals surface area contributed by atoms with Crippen LogP contribution in [-0.4, -0.2) is 10.8 Å². The van der Waals surface area contributed by atoms with Gasteiger partial charge in [-0.15, -0.1) is 0 Å². The summed E-state index contributed by atoms with van der Waals surface area (Å²) in [6, 6.07) is 13.2. The highest BCUT2D eigenvalue weighted by molar-refractivity contribution is 6.09. The SMILES string of the molecule is Cc1ccc(-c2ccc(/C=C(/C#N)C(=O)Nc3cccc(C(F)(F)F)c3)o2)cc1[N+](=O)[O-]. The second-order valence-electron chi connectivity index (χ2n) is 6.66. The van der Waals surface area contributed by atoms with Crippen LogP contribution in [-0.2, 0) is 11.0 Å². The minimum absolute atomic E-state index is 0.0887. The van der Waals surface area contributed by atoms with Gasteiger partial charge in [-0.05, 0) is 37.3 Å². The molecule has 10 heteroatoms. The van der Waals surface area contributed by atoms with Gasteiger partial charge in [-0.2, -0.15) is 18.4 Å². The van der Waals surface area contributed by atoms with E-state index in [0.29, 0.717) is 11.1 Å². The van der Waals surface area contributed by atoms with Crippen LogP contribution in [0.2, 0.25) is 0 Å². The van der Waals surface area contributed by atoms with Crippen LogP contribution >= 0.6 is 0 Å². The monoisotopic (exact) mass is 441 g/mol. The summed E-state index contributed by atoms with van der Waals surface area (Å²) in [5, 5.41) is 22.7. The largest absolute Gasteiger partial charge is 0.457 e. The molecule has 1 N–H and O–H groups in total. The first-order valence-corrected chi connectivity index (χ1v) is 9.04. The molecule has 0 aliphatic rings. The molecule has 0 aliphatic heterocycles. The van der Waals surface area contributed by atoms with E-state index < -0.39 is 28.1 Å². The molecular weight excluding hydrogens is 427 g/mol. The third-order valence-corrected chi connectivity index (χ3v) is 4.42. The summed E-state index contributed by atoms with van der Waals surface area (Å²) in [6.45, 7) is 1.60. The van der Waals surface area contributed by atoms with Gasteiger partial charge in [0.25, 0.3) is 11.6 Å². The van der Waals surface area contributed by atoms with E-state index in [-0.39, 0.29) is 22.9 Å². The van der Waals surface area contributed by atoms with E-state index in [1.54, 1.807) is 25.1 Å². The number of nitriles is 1. The Morgan fingerprint density at radius 1 is 1.19 bits per heavy atom. The summed E-state index contributed by atoms with van der Waals surface area (Å²) in [4.78, 5) is 22.9. The molecular formula is C22H14F3N3O4. The molecule has 3 rings (SSSR count). The lowest BCUT2D eigenvalue weighted by molar-refractivity contribution is -0.385. The van der Waals surface area contributed by atoms with E-state index >= 15 is 0 Å². The average molecular weight is 441 g/mol. The molecule has 162 valence electrons. The number of nitrogens with one attached hydrogen (secondary N) is 1. The number of aryl methyl sites for hydroxylation is 1. The molecule has 1 aromatic heterocycles. The maximum Gasteiger partial charge on any atom is 0.416 e. The summed E-state index contributed by atoms with van der Waals surface area (Å²) in [7, 11) is 0.